The van der Waals surface area contributed by atoms with Crippen molar-refractivity contribution in [1.82, 2.24) is 19.5 Å². The summed E-state index contributed by atoms with van der Waals surface area (Å²) in [7, 11) is 2.00. The zero-order valence-corrected chi connectivity index (χ0v) is 12.3. The van der Waals surface area contributed by atoms with Gasteiger partial charge in [-0.3, -0.25) is 0 Å². The zero-order valence-electron chi connectivity index (χ0n) is 12.3. The molecule has 2 N–H and O–H groups in total. The van der Waals surface area contributed by atoms with Gasteiger partial charge in [-0.25, -0.2) is 15.0 Å². The molecule has 0 saturated carbocycles. The first kappa shape index (κ1) is 14.3. The van der Waals surface area contributed by atoms with Crippen LogP contribution in [0.15, 0.2) is 18.5 Å². The molecular weight excluding hydrogens is 252 g/mol. The maximum atomic E-state index is 4.39. The summed E-state index contributed by atoms with van der Waals surface area (Å²) in [6, 6.07) is 1.95. The van der Waals surface area contributed by atoms with Crippen LogP contribution in [0.25, 0.3) is 0 Å². The Kier molecular flexibility index (Phi) is 4.92. The van der Waals surface area contributed by atoms with Crippen LogP contribution in [0.5, 0.6) is 0 Å². The number of anilines is 2. The quantitative estimate of drug-likeness (QED) is 0.808. The second kappa shape index (κ2) is 6.88. The van der Waals surface area contributed by atoms with Gasteiger partial charge in [-0.15, -0.1) is 0 Å². The van der Waals surface area contributed by atoms with Crippen LogP contribution in [0.3, 0.4) is 0 Å². The summed E-state index contributed by atoms with van der Waals surface area (Å²) in [5.41, 5.74) is 0. The van der Waals surface area contributed by atoms with Gasteiger partial charge in [0.1, 0.15) is 23.3 Å². The first-order valence-electron chi connectivity index (χ1n) is 6.98. The highest BCUT2D eigenvalue weighted by atomic mass is 15.1. The lowest BCUT2D eigenvalue weighted by Crippen LogP contribution is -2.11. The Bertz CT molecular complexity index is 548. The van der Waals surface area contributed by atoms with Gasteiger partial charge < -0.3 is 15.2 Å². The predicted molar refractivity (Wildman–Crippen MR) is 81.0 cm³/mol. The van der Waals surface area contributed by atoms with E-state index >= 15 is 0 Å². The van der Waals surface area contributed by atoms with Gasteiger partial charge in [-0.2, -0.15) is 0 Å². The highest BCUT2D eigenvalue weighted by Gasteiger charge is 2.02. The monoisotopic (exact) mass is 274 g/mol. The van der Waals surface area contributed by atoms with Gasteiger partial charge in [-0.05, 0) is 13.3 Å². The van der Waals surface area contributed by atoms with Gasteiger partial charge >= 0.3 is 0 Å². The Morgan fingerprint density at radius 1 is 1.15 bits per heavy atom. The molecule has 0 unspecified atom stereocenters. The average Bonchev–Trinajstić information content (AvgIpc) is 2.82. The summed E-state index contributed by atoms with van der Waals surface area (Å²) in [6.07, 6.45) is 5.71. The molecular formula is C14H22N6. The lowest BCUT2D eigenvalue weighted by molar-refractivity contribution is 0.788. The first-order chi connectivity index (χ1) is 9.69. The van der Waals surface area contributed by atoms with E-state index < -0.39 is 0 Å². The topological polar surface area (TPSA) is 67.7 Å². The summed E-state index contributed by atoms with van der Waals surface area (Å²) < 4.78 is 2.03. The van der Waals surface area contributed by atoms with E-state index in [9.17, 15) is 0 Å². The van der Waals surface area contributed by atoms with Crippen molar-refractivity contribution in [2.75, 3.05) is 23.7 Å². The van der Waals surface area contributed by atoms with Gasteiger partial charge in [0.25, 0.3) is 0 Å². The molecule has 0 spiro atoms. The van der Waals surface area contributed by atoms with E-state index in [1.807, 2.05) is 37.0 Å². The molecule has 0 saturated heterocycles. The van der Waals surface area contributed by atoms with E-state index in [0.29, 0.717) is 0 Å². The summed E-state index contributed by atoms with van der Waals surface area (Å²) >= 11 is 0. The maximum absolute atomic E-state index is 4.39. The fourth-order valence-corrected chi connectivity index (χ4v) is 1.94. The molecule has 0 bridgehead atoms. The second-order valence-electron chi connectivity index (χ2n) is 4.74. The van der Waals surface area contributed by atoms with Gasteiger partial charge in [0.15, 0.2) is 0 Å². The zero-order chi connectivity index (χ0) is 14.4. The summed E-state index contributed by atoms with van der Waals surface area (Å²) in [5, 5.41) is 6.60. The Morgan fingerprint density at radius 3 is 2.45 bits per heavy atom. The van der Waals surface area contributed by atoms with Gasteiger partial charge in [0, 0.05) is 45.0 Å². The molecule has 2 aromatic heterocycles. The number of aromatic nitrogens is 4. The minimum atomic E-state index is 0.769. The number of nitrogens with one attached hydrogen (secondary N) is 2. The van der Waals surface area contributed by atoms with Gasteiger partial charge in [-0.1, -0.05) is 6.92 Å². The van der Waals surface area contributed by atoms with Crippen LogP contribution in [0.1, 0.15) is 25.0 Å². The average molecular weight is 274 g/mol. The van der Waals surface area contributed by atoms with Gasteiger partial charge in [0.05, 0.1) is 0 Å². The number of imidazole rings is 1. The number of aryl methyl sites for hydroxylation is 2. The molecule has 0 aliphatic carbocycles. The molecule has 20 heavy (non-hydrogen) atoms. The predicted octanol–water partition coefficient (Wildman–Crippen LogP) is 2.00. The highest BCUT2D eigenvalue weighted by Crippen LogP contribution is 2.11. The second-order valence-corrected chi connectivity index (χ2v) is 4.74. The molecule has 0 aliphatic heterocycles. The van der Waals surface area contributed by atoms with Crippen LogP contribution in [-0.4, -0.2) is 32.6 Å². The van der Waals surface area contributed by atoms with Crippen LogP contribution >= 0.6 is 0 Å². The van der Waals surface area contributed by atoms with Crippen molar-refractivity contribution in [1.29, 1.82) is 0 Å². The fraction of sp³-hybridized carbons (Fsp3) is 0.500. The van der Waals surface area contributed by atoms with Crippen molar-refractivity contribution in [2.45, 2.75) is 26.7 Å². The van der Waals surface area contributed by atoms with Crippen molar-refractivity contribution < 1.29 is 0 Å². The van der Waals surface area contributed by atoms with E-state index in [1.165, 1.54) is 0 Å². The molecule has 2 heterocycles. The summed E-state index contributed by atoms with van der Waals surface area (Å²) in [4.78, 5) is 13.1. The van der Waals surface area contributed by atoms with Crippen molar-refractivity contribution in [3.63, 3.8) is 0 Å². The van der Waals surface area contributed by atoms with Gasteiger partial charge in [0.2, 0.25) is 0 Å². The third kappa shape index (κ3) is 3.94. The molecule has 0 radical (unpaired) electrons. The fourth-order valence-electron chi connectivity index (χ4n) is 1.94. The molecule has 0 aromatic carbocycles. The van der Waals surface area contributed by atoms with Crippen LogP contribution in [0, 0.1) is 6.92 Å². The largest absolute Gasteiger partial charge is 0.370 e. The van der Waals surface area contributed by atoms with E-state index in [0.717, 1.165) is 49.2 Å². The lowest BCUT2D eigenvalue weighted by Gasteiger charge is -2.09. The highest BCUT2D eigenvalue weighted by molar-refractivity contribution is 5.47. The van der Waals surface area contributed by atoms with Crippen molar-refractivity contribution in [3.05, 3.63) is 30.1 Å². The van der Waals surface area contributed by atoms with Crippen LogP contribution < -0.4 is 10.6 Å². The molecule has 0 amide bonds. The Hall–Kier alpha value is -2.11. The third-order valence-corrected chi connectivity index (χ3v) is 2.97. The summed E-state index contributed by atoms with van der Waals surface area (Å²) in [5.74, 6) is 3.56. The Labute approximate surface area is 119 Å². The molecule has 0 atom stereocenters. The SMILES string of the molecule is CCCNc1cc(NCCc2nccn2C)nc(C)n1. The van der Waals surface area contributed by atoms with Crippen LogP contribution in [0.4, 0.5) is 11.6 Å². The summed E-state index contributed by atoms with van der Waals surface area (Å²) in [6.45, 7) is 5.76. The maximum Gasteiger partial charge on any atom is 0.131 e. The molecule has 108 valence electrons. The standard InChI is InChI=1S/C14H22N6/c1-4-6-15-12-10-13(19-11(2)18-12)16-7-5-14-17-8-9-20(14)3/h8-10H,4-7H2,1-3H3,(H2,15,16,18,19). The minimum Gasteiger partial charge on any atom is -0.370 e. The Morgan fingerprint density at radius 2 is 1.85 bits per heavy atom. The molecule has 6 heteroatoms. The number of hydrogen-bond donors (Lipinski definition) is 2. The molecule has 0 aliphatic rings. The number of hydrogen-bond acceptors (Lipinski definition) is 5. The molecule has 2 rings (SSSR count). The molecule has 2 aromatic rings. The number of rotatable bonds is 7. The van der Waals surface area contributed by atoms with Crippen molar-refractivity contribution in [3.8, 4) is 0 Å². The van der Waals surface area contributed by atoms with Crippen molar-refractivity contribution in [2.24, 2.45) is 7.05 Å². The van der Waals surface area contributed by atoms with E-state index in [-0.39, 0.29) is 0 Å². The number of nitrogens with zero attached hydrogens (tertiary/aromatic N) is 4. The van der Waals surface area contributed by atoms with Crippen molar-refractivity contribution >= 4 is 11.6 Å². The van der Waals surface area contributed by atoms with E-state index in [2.05, 4.69) is 32.5 Å². The van der Waals surface area contributed by atoms with E-state index in [1.54, 1.807) is 0 Å². The third-order valence-electron chi connectivity index (χ3n) is 2.97. The minimum absolute atomic E-state index is 0.769. The first-order valence-corrected chi connectivity index (χ1v) is 6.98. The smallest absolute Gasteiger partial charge is 0.131 e. The van der Waals surface area contributed by atoms with Crippen LogP contribution in [-0.2, 0) is 13.5 Å². The normalized spacial score (nSPS) is 10.6. The lowest BCUT2D eigenvalue weighted by atomic mass is 10.4. The molecule has 0 fully saturated rings. The van der Waals surface area contributed by atoms with E-state index in [4.69, 9.17) is 0 Å². The Balaban J connectivity index is 1.91. The van der Waals surface area contributed by atoms with Crippen LogP contribution in [0.2, 0.25) is 0 Å². The molecule has 6 nitrogen and oxygen atoms in total.